The summed E-state index contributed by atoms with van der Waals surface area (Å²) in [5, 5.41) is 5.30. The second kappa shape index (κ2) is 6.29. The molecule has 1 heterocycles. The average Bonchev–Trinajstić information content (AvgIpc) is 2.93. The lowest BCUT2D eigenvalue weighted by atomic mass is 10.2. The van der Waals surface area contributed by atoms with Gasteiger partial charge in [-0.25, -0.2) is 8.78 Å². The summed E-state index contributed by atoms with van der Waals surface area (Å²) in [5.41, 5.74) is -0.0520. The van der Waals surface area contributed by atoms with Gasteiger partial charge in [-0.3, -0.25) is 10.1 Å². The SMILES string of the molecule is C[C@H](NCC(=O)Nc1ccc(F)cc1F)c1ccco1. The monoisotopic (exact) mass is 280 g/mol. The van der Waals surface area contributed by atoms with Crippen LogP contribution < -0.4 is 10.6 Å². The maximum Gasteiger partial charge on any atom is 0.238 e. The van der Waals surface area contributed by atoms with Crippen LogP contribution in [0.1, 0.15) is 18.7 Å². The first-order chi connectivity index (χ1) is 9.56. The minimum atomic E-state index is -0.808. The number of nitrogens with one attached hydrogen (secondary N) is 2. The predicted octanol–water partition coefficient (Wildman–Crippen LogP) is 2.85. The van der Waals surface area contributed by atoms with Crippen LogP contribution in [-0.2, 0) is 4.79 Å². The van der Waals surface area contributed by atoms with Crippen molar-refractivity contribution < 1.29 is 18.0 Å². The quantitative estimate of drug-likeness (QED) is 0.885. The Hall–Kier alpha value is -2.21. The maximum absolute atomic E-state index is 13.3. The van der Waals surface area contributed by atoms with E-state index in [9.17, 15) is 13.6 Å². The summed E-state index contributed by atoms with van der Waals surface area (Å²) in [6, 6.07) is 6.37. The number of carbonyl (C=O) groups is 1. The molecule has 4 nitrogen and oxygen atoms in total. The van der Waals surface area contributed by atoms with E-state index in [-0.39, 0.29) is 18.3 Å². The topological polar surface area (TPSA) is 54.3 Å². The molecule has 0 aliphatic heterocycles. The highest BCUT2D eigenvalue weighted by molar-refractivity contribution is 5.92. The van der Waals surface area contributed by atoms with Gasteiger partial charge < -0.3 is 9.73 Å². The normalized spacial score (nSPS) is 12.2. The van der Waals surface area contributed by atoms with E-state index in [2.05, 4.69) is 10.6 Å². The molecule has 6 heteroatoms. The highest BCUT2D eigenvalue weighted by Gasteiger charge is 2.11. The molecule has 0 spiro atoms. The van der Waals surface area contributed by atoms with Crippen molar-refractivity contribution in [2.75, 3.05) is 11.9 Å². The summed E-state index contributed by atoms with van der Waals surface area (Å²) in [6.45, 7) is 1.82. The van der Waals surface area contributed by atoms with Gasteiger partial charge in [-0.15, -0.1) is 0 Å². The van der Waals surface area contributed by atoms with Gasteiger partial charge in [0.2, 0.25) is 5.91 Å². The van der Waals surface area contributed by atoms with E-state index in [1.54, 1.807) is 18.4 Å². The largest absolute Gasteiger partial charge is 0.468 e. The zero-order chi connectivity index (χ0) is 14.5. The Morgan fingerprint density at radius 2 is 2.15 bits per heavy atom. The Morgan fingerprint density at radius 3 is 2.80 bits per heavy atom. The molecule has 0 radical (unpaired) electrons. The molecule has 2 N–H and O–H groups in total. The fourth-order valence-corrected chi connectivity index (χ4v) is 1.67. The predicted molar refractivity (Wildman–Crippen MR) is 70.1 cm³/mol. The zero-order valence-electron chi connectivity index (χ0n) is 10.8. The first-order valence-corrected chi connectivity index (χ1v) is 6.08. The smallest absolute Gasteiger partial charge is 0.238 e. The van der Waals surface area contributed by atoms with Gasteiger partial charge in [-0.1, -0.05) is 0 Å². The number of hydrogen-bond acceptors (Lipinski definition) is 3. The number of carbonyl (C=O) groups excluding carboxylic acids is 1. The van der Waals surface area contributed by atoms with Crippen molar-refractivity contribution in [3.8, 4) is 0 Å². The number of hydrogen-bond donors (Lipinski definition) is 2. The van der Waals surface area contributed by atoms with Gasteiger partial charge in [0.05, 0.1) is 24.5 Å². The van der Waals surface area contributed by atoms with Crippen LogP contribution in [0.15, 0.2) is 41.0 Å². The Morgan fingerprint density at radius 1 is 1.35 bits per heavy atom. The Bertz CT molecular complexity index is 585. The van der Waals surface area contributed by atoms with Gasteiger partial charge in [-0.2, -0.15) is 0 Å². The molecule has 0 fully saturated rings. The number of furan rings is 1. The summed E-state index contributed by atoms with van der Waals surface area (Å²) in [7, 11) is 0. The molecule has 1 atom stereocenters. The maximum atomic E-state index is 13.3. The first kappa shape index (κ1) is 14.2. The van der Waals surface area contributed by atoms with Crippen molar-refractivity contribution >= 4 is 11.6 Å². The Balaban J connectivity index is 1.86. The lowest BCUT2D eigenvalue weighted by Gasteiger charge is -2.11. The van der Waals surface area contributed by atoms with E-state index in [0.29, 0.717) is 11.8 Å². The molecule has 106 valence electrons. The number of anilines is 1. The van der Waals surface area contributed by atoms with Crippen LogP contribution in [0.5, 0.6) is 0 Å². The van der Waals surface area contributed by atoms with Crippen LogP contribution in [0.4, 0.5) is 14.5 Å². The third kappa shape index (κ3) is 3.64. The van der Waals surface area contributed by atoms with Crippen LogP contribution in [0.2, 0.25) is 0 Å². The van der Waals surface area contributed by atoms with Crippen molar-refractivity contribution in [2.45, 2.75) is 13.0 Å². The van der Waals surface area contributed by atoms with E-state index in [0.717, 1.165) is 6.07 Å². The number of halogens is 2. The Labute approximate surface area is 114 Å². The molecule has 0 aliphatic carbocycles. The van der Waals surface area contributed by atoms with Crippen molar-refractivity contribution in [3.63, 3.8) is 0 Å². The van der Waals surface area contributed by atoms with E-state index in [1.165, 1.54) is 6.07 Å². The van der Waals surface area contributed by atoms with Gasteiger partial charge >= 0.3 is 0 Å². The molecule has 2 aromatic rings. The van der Waals surface area contributed by atoms with Gasteiger partial charge in [0, 0.05) is 6.07 Å². The van der Waals surface area contributed by atoms with Crippen LogP contribution >= 0.6 is 0 Å². The standard InChI is InChI=1S/C14H14F2N2O2/c1-9(13-3-2-6-20-13)17-8-14(19)18-12-5-4-10(15)7-11(12)16/h2-7,9,17H,8H2,1H3,(H,18,19)/t9-/m0/s1. The summed E-state index contributed by atoms with van der Waals surface area (Å²) in [5.74, 6) is -1.22. The molecule has 2 rings (SSSR count). The summed E-state index contributed by atoms with van der Waals surface area (Å²) in [6.07, 6.45) is 1.54. The molecule has 0 saturated carbocycles. The molecule has 0 aliphatic rings. The molecule has 20 heavy (non-hydrogen) atoms. The molecule has 1 aromatic carbocycles. The second-order valence-corrected chi connectivity index (χ2v) is 4.29. The summed E-state index contributed by atoms with van der Waals surface area (Å²) < 4.78 is 31.2. The van der Waals surface area contributed by atoms with Crippen molar-refractivity contribution in [1.29, 1.82) is 0 Å². The minimum Gasteiger partial charge on any atom is -0.468 e. The second-order valence-electron chi connectivity index (χ2n) is 4.29. The van der Waals surface area contributed by atoms with Crippen LogP contribution in [0.3, 0.4) is 0 Å². The fraction of sp³-hybridized carbons (Fsp3) is 0.214. The van der Waals surface area contributed by atoms with E-state index >= 15 is 0 Å². The van der Waals surface area contributed by atoms with Crippen LogP contribution in [0.25, 0.3) is 0 Å². The molecule has 1 aromatic heterocycles. The van der Waals surface area contributed by atoms with Gasteiger partial charge in [0.1, 0.15) is 17.4 Å². The van der Waals surface area contributed by atoms with Gasteiger partial charge in [0.15, 0.2) is 0 Å². The van der Waals surface area contributed by atoms with Crippen LogP contribution in [0, 0.1) is 11.6 Å². The van der Waals surface area contributed by atoms with Crippen molar-refractivity contribution in [2.24, 2.45) is 0 Å². The third-order valence-corrected chi connectivity index (χ3v) is 2.74. The van der Waals surface area contributed by atoms with Crippen LogP contribution in [-0.4, -0.2) is 12.5 Å². The molecule has 1 amide bonds. The van der Waals surface area contributed by atoms with E-state index in [4.69, 9.17) is 4.42 Å². The molecule has 0 saturated heterocycles. The lowest BCUT2D eigenvalue weighted by molar-refractivity contribution is -0.115. The fourth-order valence-electron chi connectivity index (χ4n) is 1.67. The number of rotatable bonds is 5. The zero-order valence-corrected chi connectivity index (χ0v) is 10.8. The van der Waals surface area contributed by atoms with E-state index in [1.807, 2.05) is 6.92 Å². The Kier molecular flexibility index (Phi) is 4.47. The highest BCUT2D eigenvalue weighted by atomic mass is 19.1. The highest BCUT2D eigenvalue weighted by Crippen LogP contribution is 2.15. The molecular weight excluding hydrogens is 266 g/mol. The summed E-state index contributed by atoms with van der Waals surface area (Å²) in [4.78, 5) is 11.7. The third-order valence-electron chi connectivity index (χ3n) is 2.74. The number of amides is 1. The molecule has 0 bridgehead atoms. The van der Waals surface area contributed by atoms with Gasteiger partial charge in [0.25, 0.3) is 0 Å². The number of benzene rings is 1. The van der Waals surface area contributed by atoms with Crippen molar-refractivity contribution in [3.05, 3.63) is 54.0 Å². The first-order valence-electron chi connectivity index (χ1n) is 6.08. The van der Waals surface area contributed by atoms with Gasteiger partial charge in [-0.05, 0) is 31.2 Å². The molecular formula is C14H14F2N2O2. The van der Waals surface area contributed by atoms with E-state index < -0.39 is 17.5 Å². The average molecular weight is 280 g/mol. The van der Waals surface area contributed by atoms with Crippen molar-refractivity contribution in [1.82, 2.24) is 5.32 Å². The summed E-state index contributed by atoms with van der Waals surface area (Å²) >= 11 is 0. The lowest BCUT2D eigenvalue weighted by Crippen LogP contribution is -2.30. The minimum absolute atomic E-state index is 0.0152. The molecule has 0 unspecified atom stereocenters.